The fraction of sp³-hybridized carbons (Fsp3) is 0.214. The van der Waals surface area contributed by atoms with Gasteiger partial charge < -0.3 is 9.64 Å². The molecular formula is C14H14N2O3S. The van der Waals surface area contributed by atoms with Crippen molar-refractivity contribution < 1.29 is 14.3 Å². The van der Waals surface area contributed by atoms with E-state index < -0.39 is 0 Å². The van der Waals surface area contributed by atoms with Crippen LogP contribution < -0.4 is 0 Å². The number of ether oxygens (including phenoxy) is 1. The largest absolute Gasteiger partial charge is 0.465 e. The van der Waals surface area contributed by atoms with Crippen LogP contribution in [0.5, 0.6) is 0 Å². The molecule has 0 spiro atoms. The van der Waals surface area contributed by atoms with Crippen LogP contribution in [0.1, 0.15) is 15.9 Å². The average Bonchev–Trinajstić information content (AvgIpc) is 2.65. The molecule has 0 aliphatic carbocycles. The van der Waals surface area contributed by atoms with Crippen molar-refractivity contribution in [3.63, 3.8) is 0 Å². The average molecular weight is 290 g/mol. The smallest absolute Gasteiger partial charge is 0.337 e. The molecule has 20 heavy (non-hydrogen) atoms. The highest BCUT2D eigenvalue weighted by molar-refractivity contribution is 7.80. The Morgan fingerprint density at radius 1 is 1.20 bits per heavy atom. The van der Waals surface area contributed by atoms with Crippen LogP contribution in [0.25, 0.3) is 6.08 Å². The van der Waals surface area contributed by atoms with Gasteiger partial charge in [0.2, 0.25) is 0 Å². The molecule has 0 saturated carbocycles. The van der Waals surface area contributed by atoms with Crippen molar-refractivity contribution in [2.24, 2.45) is 0 Å². The molecule has 1 amide bonds. The van der Waals surface area contributed by atoms with Gasteiger partial charge in [-0.3, -0.25) is 9.69 Å². The van der Waals surface area contributed by atoms with E-state index in [1.165, 1.54) is 12.0 Å². The van der Waals surface area contributed by atoms with E-state index in [1.54, 1.807) is 49.3 Å². The predicted octanol–water partition coefficient (Wildman–Crippen LogP) is 1.50. The number of rotatable bonds is 2. The van der Waals surface area contributed by atoms with Crippen molar-refractivity contribution >= 4 is 35.3 Å². The first kappa shape index (κ1) is 14.2. The first-order valence-electron chi connectivity index (χ1n) is 5.91. The first-order valence-corrected chi connectivity index (χ1v) is 6.32. The highest BCUT2D eigenvalue weighted by Gasteiger charge is 2.32. The number of methoxy groups -OCH3 is 1. The van der Waals surface area contributed by atoms with Crippen LogP contribution in [0.3, 0.4) is 0 Å². The number of carbonyl (C=O) groups is 2. The van der Waals surface area contributed by atoms with Gasteiger partial charge in [-0.25, -0.2) is 4.79 Å². The molecule has 6 heteroatoms. The summed E-state index contributed by atoms with van der Waals surface area (Å²) in [6.45, 7) is 0. The Kier molecular flexibility index (Phi) is 3.85. The maximum absolute atomic E-state index is 12.0. The molecule has 1 fully saturated rings. The van der Waals surface area contributed by atoms with Gasteiger partial charge in [0.05, 0.1) is 12.7 Å². The number of carbonyl (C=O) groups excluding carboxylic acids is 2. The molecule has 1 aromatic rings. The summed E-state index contributed by atoms with van der Waals surface area (Å²) in [6, 6.07) is 6.81. The van der Waals surface area contributed by atoms with Crippen molar-refractivity contribution in [3.8, 4) is 0 Å². The zero-order valence-corrected chi connectivity index (χ0v) is 12.2. The summed E-state index contributed by atoms with van der Waals surface area (Å²) in [7, 11) is 4.72. The second kappa shape index (κ2) is 5.42. The summed E-state index contributed by atoms with van der Waals surface area (Å²) < 4.78 is 4.63. The standard InChI is InChI=1S/C14H14N2O3S/c1-15-11(12(17)16(2)14(15)20)8-9-4-6-10(7-5-9)13(18)19-3/h4-8H,1-3H3/b11-8+. The summed E-state index contributed by atoms with van der Waals surface area (Å²) in [6.07, 6.45) is 1.74. The fourth-order valence-corrected chi connectivity index (χ4v) is 2.06. The number of esters is 1. The third kappa shape index (κ3) is 2.42. The maximum atomic E-state index is 12.0. The number of likely N-dealkylation sites (N-methyl/N-ethyl adjacent to an activating group) is 2. The van der Waals surface area contributed by atoms with E-state index in [0.717, 1.165) is 5.56 Å². The van der Waals surface area contributed by atoms with E-state index in [1.807, 2.05) is 0 Å². The molecule has 0 unspecified atom stereocenters. The zero-order chi connectivity index (χ0) is 14.9. The molecule has 0 atom stereocenters. The van der Waals surface area contributed by atoms with Gasteiger partial charge in [0.15, 0.2) is 5.11 Å². The third-order valence-electron chi connectivity index (χ3n) is 3.09. The Labute approximate surface area is 122 Å². The number of amides is 1. The molecule has 0 N–H and O–H groups in total. The number of nitrogens with zero attached hydrogens (tertiary/aromatic N) is 2. The lowest BCUT2D eigenvalue weighted by atomic mass is 10.1. The highest BCUT2D eigenvalue weighted by Crippen LogP contribution is 2.20. The molecule has 1 aliphatic rings. The highest BCUT2D eigenvalue weighted by atomic mass is 32.1. The summed E-state index contributed by atoms with van der Waals surface area (Å²) >= 11 is 5.13. The minimum Gasteiger partial charge on any atom is -0.465 e. The maximum Gasteiger partial charge on any atom is 0.337 e. The van der Waals surface area contributed by atoms with Crippen LogP contribution in [0.15, 0.2) is 30.0 Å². The molecular weight excluding hydrogens is 276 g/mol. The van der Waals surface area contributed by atoms with Crippen LogP contribution in [0.2, 0.25) is 0 Å². The number of hydrogen-bond donors (Lipinski definition) is 0. The Morgan fingerprint density at radius 2 is 1.80 bits per heavy atom. The van der Waals surface area contributed by atoms with E-state index >= 15 is 0 Å². The monoisotopic (exact) mass is 290 g/mol. The van der Waals surface area contributed by atoms with Gasteiger partial charge in [-0.1, -0.05) is 12.1 Å². The van der Waals surface area contributed by atoms with Crippen molar-refractivity contribution in [1.29, 1.82) is 0 Å². The Morgan fingerprint density at radius 3 is 2.25 bits per heavy atom. The quantitative estimate of drug-likeness (QED) is 0.469. The minimum atomic E-state index is -0.390. The van der Waals surface area contributed by atoms with E-state index in [-0.39, 0.29) is 11.9 Å². The Bertz CT molecular complexity index is 607. The fourth-order valence-electron chi connectivity index (χ4n) is 1.88. The number of thiocarbonyl (C=S) groups is 1. The van der Waals surface area contributed by atoms with E-state index in [0.29, 0.717) is 16.4 Å². The second-order valence-electron chi connectivity index (χ2n) is 4.35. The number of benzene rings is 1. The lowest BCUT2D eigenvalue weighted by Crippen LogP contribution is -2.26. The Balaban J connectivity index is 2.29. The molecule has 0 aromatic heterocycles. The van der Waals surface area contributed by atoms with E-state index in [4.69, 9.17) is 12.2 Å². The second-order valence-corrected chi connectivity index (χ2v) is 4.71. The van der Waals surface area contributed by atoms with E-state index in [9.17, 15) is 9.59 Å². The minimum absolute atomic E-state index is 0.144. The third-order valence-corrected chi connectivity index (χ3v) is 3.64. The number of hydrogen-bond acceptors (Lipinski definition) is 4. The summed E-state index contributed by atoms with van der Waals surface area (Å²) in [4.78, 5) is 26.4. The first-order chi connectivity index (χ1) is 9.45. The van der Waals surface area contributed by atoms with Crippen molar-refractivity contribution in [2.45, 2.75) is 0 Å². The van der Waals surface area contributed by atoms with Crippen molar-refractivity contribution in [2.75, 3.05) is 21.2 Å². The van der Waals surface area contributed by atoms with E-state index in [2.05, 4.69) is 4.74 Å². The molecule has 1 saturated heterocycles. The van der Waals surface area contributed by atoms with Crippen LogP contribution in [-0.4, -0.2) is 48.0 Å². The van der Waals surface area contributed by atoms with Crippen LogP contribution in [-0.2, 0) is 9.53 Å². The molecule has 1 aromatic carbocycles. The normalized spacial score (nSPS) is 17.1. The molecule has 2 rings (SSSR count). The topological polar surface area (TPSA) is 49.9 Å². The summed E-state index contributed by atoms with van der Waals surface area (Å²) in [5.74, 6) is -0.534. The van der Waals surface area contributed by atoms with Crippen molar-refractivity contribution in [1.82, 2.24) is 9.80 Å². The zero-order valence-electron chi connectivity index (χ0n) is 11.4. The Hall–Kier alpha value is -2.21. The van der Waals surface area contributed by atoms with Gasteiger partial charge in [0, 0.05) is 14.1 Å². The van der Waals surface area contributed by atoms with Crippen LogP contribution in [0.4, 0.5) is 0 Å². The molecule has 0 radical (unpaired) electrons. The summed E-state index contributed by atoms with van der Waals surface area (Å²) in [5.41, 5.74) is 1.78. The van der Waals surface area contributed by atoms with Crippen LogP contribution in [0, 0.1) is 0 Å². The molecule has 104 valence electrons. The SMILES string of the molecule is COC(=O)c1ccc(/C=C2\C(=O)N(C)C(=S)N2C)cc1. The molecule has 1 aliphatic heterocycles. The lowest BCUT2D eigenvalue weighted by molar-refractivity contribution is -0.121. The van der Waals surface area contributed by atoms with Gasteiger partial charge >= 0.3 is 5.97 Å². The molecule has 0 bridgehead atoms. The van der Waals surface area contributed by atoms with Gasteiger partial charge in [-0.2, -0.15) is 0 Å². The van der Waals surface area contributed by atoms with Gasteiger partial charge in [-0.15, -0.1) is 0 Å². The predicted molar refractivity (Wildman–Crippen MR) is 78.9 cm³/mol. The summed E-state index contributed by atoms with van der Waals surface area (Å²) in [5, 5.41) is 0.465. The van der Waals surface area contributed by atoms with Gasteiger partial charge in [0.1, 0.15) is 5.70 Å². The van der Waals surface area contributed by atoms with Gasteiger partial charge in [0.25, 0.3) is 5.91 Å². The molecule has 5 nitrogen and oxygen atoms in total. The lowest BCUT2D eigenvalue weighted by Gasteiger charge is -2.11. The molecule has 1 heterocycles. The van der Waals surface area contributed by atoms with Crippen LogP contribution >= 0.6 is 12.2 Å². The van der Waals surface area contributed by atoms with Gasteiger partial charge in [-0.05, 0) is 36.0 Å². The van der Waals surface area contributed by atoms with Crippen molar-refractivity contribution in [3.05, 3.63) is 41.1 Å².